The summed E-state index contributed by atoms with van der Waals surface area (Å²) in [5.74, 6) is -3.32. The molecule has 1 aliphatic heterocycles. The number of carbonyl (C=O) groups excluding carboxylic acids is 4. The van der Waals surface area contributed by atoms with E-state index in [1.165, 1.54) is 20.3 Å². The van der Waals surface area contributed by atoms with E-state index < -0.39 is 23.7 Å². The molecule has 0 radical (unpaired) electrons. The van der Waals surface area contributed by atoms with E-state index in [1.54, 1.807) is 12.1 Å². The summed E-state index contributed by atoms with van der Waals surface area (Å²) in [6.45, 7) is 0. The highest BCUT2D eigenvalue weighted by molar-refractivity contribution is 9.12. The van der Waals surface area contributed by atoms with Crippen molar-refractivity contribution >= 4 is 39.3 Å². The highest BCUT2D eigenvalue weighted by atomic mass is 79.9. The molecule has 3 aliphatic carbocycles. The van der Waals surface area contributed by atoms with Gasteiger partial charge >= 0.3 is 0 Å². The van der Waals surface area contributed by atoms with Crippen molar-refractivity contribution in [2.24, 2.45) is 17.8 Å². The van der Waals surface area contributed by atoms with Crippen LogP contribution < -0.4 is 14.8 Å². The van der Waals surface area contributed by atoms with E-state index in [0.717, 1.165) is 5.57 Å². The van der Waals surface area contributed by atoms with Crippen molar-refractivity contribution < 1.29 is 33.8 Å². The van der Waals surface area contributed by atoms with Crippen LogP contribution >= 0.6 is 15.9 Å². The number of carbonyl (C=O) groups is 4. The van der Waals surface area contributed by atoms with Crippen molar-refractivity contribution in [1.29, 1.82) is 0 Å². The van der Waals surface area contributed by atoms with E-state index in [9.17, 15) is 24.3 Å². The number of hydrogen-bond acceptors (Lipinski definition) is 7. The Morgan fingerprint density at radius 3 is 2.33 bits per heavy atom. The van der Waals surface area contributed by atoms with Crippen LogP contribution in [0.5, 0.6) is 17.2 Å². The summed E-state index contributed by atoms with van der Waals surface area (Å²) in [6.07, 6.45) is 3.73. The van der Waals surface area contributed by atoms with Gasteiger partial charge in [-0.1, -0.05) is 11.6 Å². The number of phenols is 1. The molecule has 2 N–H and O–H groups in total. The number of nitrogens with one attached hydrogen (secondary N) is 1. The average molecular weight is 514 g/mol. The van der Waals surface area contributed by atoms with Gasteiger partial charge in [0.05, 0.1) is 30.5 Å². The standard InChI is InChI=1S/C24H20BrNO7/c1-32-16-5-9(6-17(33-2)22(16)29)18-10-3-4-11-19(24(31)26-23(11)30)12(10)7-13-20(18)15(27)8-14(25)21(13)28/h3,5-6,8,11-12,18-19,29H,4,7H2,1-2H3,(H,26,30,31)/t11-,12+,18-,19-/m0/s1. The summed E-state index contributed by atoms with van der Waals surface area (Å²) in [5, 5.41) is 12.8. The molecule has 9 heteroatoms. The third-order valence-electron chi connectivity index (χ3n) is 7.01. The Labute approximate surface area is 197 Å². The van der Waals surface area contributed by atoms with Gasteiger partial charge in [0.25, 0.3) is 0 Å². The van der Waals surface area contributed by atoms with Gasteiger partial charge in [-0.25, -0.2) is 0 Å². The predicted octanol–water partition coefficient (Wildman–Crippen LogP) is 2.46. The minimum absolute atomic E-state index is 0.156. The van der Waals surface area contributed by atoms with Crippen LogP contribution in [0.25, 0.3) is 0 Å². The lowest BCUT2D eigenvalue weighted by Gasteiger charge is -2.42. The topological polar surface area (TPSA) is 119 Å². The molecule has 0 spiro atoms. The molecule has 33 heavy (non-hydrogen) atoms. The Morgan fingerprint density at radius 1 is 1.03 bits per heavy atom. The zero-order valence-corrected chi connectivity index (χ0v) is 19.4. The minimum atomic E-state index is -0.653. The van der Waals surface area contributed by atoms with Crippen LogP contribution in [0.4, 0.5) is 0 Å². The van der Waals surface area contributed by atoms with Gasteiger partial charge in [0.2, 0.25) is 17.6 Å². The smallest absolute Gasteiger partial charge is 0.231 e. The maximum Gasteiger partial charge on any atom is 0.231 e. The maximum absolute atomic E-state index is 13.2. The number of ketones is 2. The lowest BCUT2D eigenvalue weighted by atomic mass is 9.59. The highest BCUT2D eigenvalue weighted by Crippen LogP contribution is 2.55. The first kappa shape index (κ1) is 21.6. The SMILES string of the molecule is COc1cc([C@H]2C3=CC[C@@H]4C(=O)NC(=O)[C@@H]4[C@@H]3CC3=C2C(=O)C=C(Br)C3=O)cc(OC)c1O. The number of allylic oxidation sites excluding steroid dienone is 6. The Morgan fingerprint density at radius 2 is 1.70 bits per heavy atom. The van der Waals surface area contributed by atoms with E-state index in [1.807, 2.05) is 6.08 Å². The number of Topliss-reactive ketones (excluding diaryl/α,β-unsaturated/α-hetero) is 1. The molecule has 0 saturated carbocycles. The third-order valence-corrected chi connectivity index (χ3v) is 7.60. The lowest BCUT2D eigenvalue weighted by Crippen LogP contribution is -2.39. The highest BCUT2D eigenvalue weighted by Gasteiger charge is 2.53. The molecular weight excluding hydrogens is 494 g/mol. The second kappa shape index (κ2) is 7.69. The molecule has 1 fully saturated rings. The normalized spacial score (nSPS) is 28.5. The van der Waals surface area contributed by atoms with Crippen LogP contribution in [0.2, 0.25) is 0 Å². The number of phenolic OH excluding ortho intramolecular Hbond substituents is 1. The van der Waals surface area contributed by atoms with Crippen molar-refractivity contribution in [2.75, 3.05) is 14.2 Å². The van der Waals surface area contributed by atoms with Crippen molar-refractivity contribution in [3.05, 3.63) is 51.0 Å². The molecule has 1 aromatic rings. The van der Waals surface area contributed by atoms with Gasteiger partial charge in [0, 0.05) is 23.1 Å². The summed E-state index contributed by atoms with van der Waals surface area (Å²) < 4.78 is 10.8. The third kappa shape index (κ3) is 3.09. The van der Waals surface area contributed by atoms with E-state index in [4.69, 9.17) is 9.47 Å². The number of methoxy groups -OCH3 is 2. The average Bonchev–Trinajstić information content (AvgIpc) is 3.10. The van der Waals surface area contributed by atoms with Gasteiger partial charge in [-0.15, -0.1) is 0 Å². The second-order valence-corrected chi connectivity index (χ2v) is 9.38. The number of amides is 2. The Hall–Kier alpha value is -3.20. The van der Waals surface area contributed by atoms with Crippen LogP contribution in [-0.2, 0) is 19.2 Å². The number of benzene rings is 1. The van der Waals surface area contributed by atoms with Gasteiger partial charge in [0.1, 0.15) is 0 Å². The molecule has 0 unspecified atom stereocenters. The van der Waals surface area contributed by atoms with E-state index in [0.29, 0.717) is 23.1 Å². The predicted molar refractivity (Wildman–Crippen MR) is 119 cm³/mol. The lowest BCUT2D eigenvalue weighted by molar-refractivity contribution is -0.126. The molecule has 0 bridgehead atoms. The Kier molecular flexibility index (Phi) is 5.04. The van der Waals surface area contributed by atoms with Crippen LogP contribution in [-0.4, -0.2) is 42.7 Å². The number of imide groups is 1. The van der Waals surface area contributed by atoms with Gasteiger partial charge in [-0.2, -0.15) is 0 Å². The quantitative estimate of drug-likeness (QED) is 0.362. The molecule has 8 nitrogen and oxygen atoms in total. The number of hydrogen-bond donors (Lipinski definition) is 2. The molecule has 5 rings (SSSR count). The first-order valence-corrected chi connectivity index (χ1v) is 11.2. The van der Waals surface area contributed by atoms with Gasteiger partial charge in [0.15, 0.2) is 23.1 Å². The second-order valence-electron chi connectivity index (χ2n) is 8.52. The summed E-state index contributed by atoms with van der Waals surface area (Å²) in [6, 6.07) is 3.21. The monoisotopic (exact) mass is 513 g/mol. The van der Waals surface area contributed by atoms with E-state index in [2.05, 4.69) is 21.2 Å². The van der Waals surface area contributed by atoms with Crippen molar-refractivity contribution in [3.63, 3.8) is 0 Å². The van der Waals surface area contributed by atoms with Crippen LogP contribution in [0.3, 0.4) is 0 Å². The number of ether oxygens (including phenoxy) is 2. The zero-order chi connectivity index (χ0) is 23.6. The first-order valence-electron chi connectivity index (χ1n) is 10.5. The molecule has 1 aromatic carbocycles. The number of rotatable bonds is 3. The molecule has 170 valence electrons. The fourth-order valence-electron chi connectivity index (χ4n) is 5.58. The molecule has 2 amide bonds. The van der Waals surface area contributed by atoms with Crippen LogP contribution in [0.1, 0.15) is 24.3 Å². The summed E-state index contributed by atoms with van der Waals surface area (Å²) in [7, 11) is 2.81. The van der Waals surface area contributed by atoms with E-state index >= 15 is 0 Å². The van der Waals surface area contributed by atoms with Gasteiger partial charge in [-0.3, -0.25) is 24.5 Å². The van der Waals surface area contributed by atoms with Crippen LogP contribution in [0.15, 0.2) is 45.5 Å². The fraction of sp³-hybridized carbons (Fsp3) is 0.333. The van der Waals surface area contributed by atoms with Crippen molar-refractivity contribution in [1.82, 2.24) is 5.32 Å². The number of fused-ring (bicyclic) bond motifs is 3. The Bertz CT molecular complexity index is 1220. The molecule has 1 saturated heterocycles. The van der Waals surface area contributed by atoms with Gasteiger partial charge < -0.3 is 14.6 Å². The summed E-state index contributed by atoms with van der Waals surface area (Å²) >= 11 is 3.19. The molecule has 4 atom stereocenters. The number of aromatic hydroxyl groups is 1. The minimum Gasteiger partial charge on any atom is -0.502 e. The fourth-order valence-corrected chi connectivity index (χ4v) is 6.02. The maximum atomic E-state index is 13.2. The first-order chi connectivity index (χ1) is 15.8. The van der Waals surface area contributed by atoms with Gasteiger partial charge in [-0.05, 0) is 52.4 Å². The van der Waals surface area contributed by atoms with Crippen molar-refractivity contribution in [2.45, 2.75) is 18.8 Å². The molecule has 1 heterocycles. The molecule has 4 aliphatic rings. The number of halogens is 1. The van der Waals surface area contributed by atoms with Crippen molar-refractivity contribution in [3.8, 4) is 17.2 Å². The summed E-state index contributed by atoms with van der Waals surface area (Å²) in [5.41, 5.74) is 2.06. The largest absolute Gasteiger partial charge is 0.502 e. The molecular formula is C24H20BrNO7. The molecule has 0 aromatic heterocycles. The Balaban J connectivity index is 1.75. The zero-order valence-electron chi connectivity index (χ0n) is 17.8. The summed E-state index contributed by atoms with van der Waals surface area (Å²) in [4.78, 5) is 51.3. The van der Waals surface area contributed by atoms with E-state index in [-0.39, 0.29) is 51.5 Å². The van der Waals surface area contributed by atoms with Crippen LogP contribution in [0, 0.1) is 17.8 Å².